The molecule has 0 saturated carbocycles. The van der Waals surface area contributed by atoms with Crippen LogP contribution in [0.3, 0.4) is 0 Å². The molecule has 17 heavy (non-hydrogen) atoms. The summed E-state index contributed by atoms with van der Waals surface area (Å²) in [6, 6.07) is 7.60. The van der Waals surface area contributed by atoms with Gasteiger partial charge in [0.2, 0.25) is 5.88 Å². The van der Waals surface area contributed by atoms with Crippen LogP contribution in [0.25, 0.3) is 0 Å². The van der Waals surface area contributed by atoms with Crippen molar-refractivity contribution in [2.24, 2.45) is 0 Å². The smallest absolute Gasteiger partial charge is 0.228 e. The van der Waals surface area contributed by atoms with Crippen LogP contribution in [0, 0.1) is 3.57 Å². The fourth-order valence-corrected chi connectivity index (χ4v) is 2.05. The van der Waals surface area contributed by atoms with Gasteiger partial charge in [-0.1, -0.05) is 11.6 Å². The number of rotatable bonds is 3. The Kier molecular flexibility index (Phi) is 4.42. The maximum atomic E-state index is 5.90. The van der Waals surface area contributed by atoms with Gasteiger partial charge in [-0.2, -0.15) is 0 Å². The third-order valence-corrected chi connectivity index (χ3v) is 3.33. The molecular formula is C11H7Cl2IN2O. The molecule has 1 aromatic carbocycles. The summed E-state index contributed by atoms with van der Waals surface area (Å²) in [4.78, 5) is 7.88. The van der Waals surface area contributed by atoms with E-state index in [9.17, 15) is 0 Å². The molecule has 0 spiro atoms. The second kappa shape index (κ2) is 5.84. The molecule has 0 bridgehead atoms. The van der Waals surface area contributed by atoms with Gasteiger partial charge in [-0.05, 0) is 46.9 Å². The van der Waals surface area contributed by atoms with Gasteiger partial charge in [0.1, 0.15) is 17.2 Å². The molecule has 0 radical (unpaired) electrons. The number of ether oxygens (including phenoxy) is 1. The highest BCUT2D eigenvalue weighted by atomic mass is 127. The Bertz CT molecular complexity index is 519. The Labute approximate surface area is 122 Å². The first-order chi connectivity index (χ1) is 8.20. The van der Waals surface area contributed by atoms with Crippen LogP contribution in [-0.4, -0.2) is 9.97 Å². The van der Waals surface area contributed by atoms with E-state index in [0.717, 1.165) is 3.57 Å². The zero-order valence-corrected chi connectivity index (χ0v) is 12.2. The van der Waals surface area contributed by atoms with Crippen LogP contribution in [0.1, 0.15) is 5.56 Å². The van der Waals surface area contributed by atoms with E-state index in [0.29, 0.717) is 22.3 Å². The summed E-state index contributed by atoms with van der Waals surface area (Å²) >= 11 is 13.9. The van der Waals surface area contributed by atoms with Crippen molar-refractivity contribution in [2.45, 2.75) is 5.88 Å². The molecule has 0 amide bonds. The van der Waals surface area contributed by atoms with E-state index in [1.54, 1.807) is 0 Å². The van der Waals surface area contributed by atoms with Gasteiger partial charge in [0.15, 0.2) is 0 Å². The highest BCUT2D eigenvalue weighted by molar-refractivity contribution is 14.1. The zero-order chi connectivity index (χ0) is 12.3. The van der Waals surface area contributed by atoms with Gasteiger partial charge >= 0.3 is 0 Å². The fraction of sp³-hybridized carbons (Fsp3) is 0.0909. The van der Waals surface area contributed by atoms with Gasteiger partial charge < -0.3 is 4.74 Å². The van der Waals surface area contributed by atoms with Crippen LogP contribution in [-0.2, 0) is 5.88 Å². The summed E-state index contributed by atoms with van der Waals surface area (Å²) in [5.74, 6) is 1.28. The summed E-state index contributed by atoms with van der Waals surface area (Å²) in [5.41, 5.74) is 0.592. The minimum atomic E-state index is 0.208. The molecule has 1 aromatic heterocycles. The van der Waals surface area contributed by atoms with Crippen LogP contribution >= 0.6 is 45.8 Å². The number of hydrogen-bond donors (Lipinski definition) is 0. The predicted molar refractivity (Wildman–Crippen MR) is 75.8 cm³/mol. The minimum absolute atomic E-state index is 0.208. The van der Waals surface area contributed by atoms with E-state index in [1.807, 2.05) is 24.3 Å². The van der Waals surface area contributed by atoms with Crippen LogP contribution in [0.2, 0.25) is 5.15 Å². The molecule has 88 valence electrons. The van der Waals surface area contributed by atoms with Gasteiger partial charge in [-0.15, -0.1) is 11.6 Å². The normalized spacial score (nSPS) is 10.3. The molecule has 0 aliphatic rings. The highest BCUT2D eigenvalue weighted by Crippen LogP contribution is 2.28. The Morgan fingerprint density at radius 3 is 2.53 bits per heavy atom. The van der Waals surface area contributed by atoms with E-state index in [2.05, 4.69) is 32.6 Å². The molecule has 6 heteroatoms. The topological polar surface area (TPSA) is 35.0 Å². The summed E-state index contributed by atoms with van der Waals surface area (Å²) < 4.78 is 6.75. The lowest BCUT2D eigenvalue weighted by atomic mass is 10.3. The summed E-state index contributed by atoms with van der Waals surface area (Å²) in [6.45, 7) is 0. The average Bonchev–Trinajstić information content (AvgIpc) is 2.32. The molecule has 0 aliphatic heterocycles. The number of hydrogen-bond acceptors (Lipinski definition) is 3. The monoisotopic (exact) mass is 380 g/mol. The van der Waals surface area contributed by atoms with Gasteiger partial charge in [-0.3, -0.25) is 0 Å². The maximum Gasteiger partial charge on any atom is 0.228 e. The molecule has 2 rings (SSSR count). The Balaban J connectivity index is 2.29. The van der Waals surface area contributed by atoms with Gasteiger partial charge in [0.25, 0.3) is 0 Å². The molecule has 0 aliphatic carbocycles. The van der Waals surface area contributed by atoms with E-state index in [-0.39, 0.29) is 5.88 Å². The van der Waals surface area contributed by atoms with Crippen molar-refractivity contribution in [1.82, 2.24) is 9.97 Å². The Hall–Kier alpha value is -0.590. The highest BCUT2D eigenvalue weighted by Gasteiger charge is 2.10. The van der Waals surface area contributed by atoms with E-state index in [1.165, 1.54) is 6.33 Å². The molecule has 0 unspecified atom stereocenters. The molecule has 0 atom stereocenters. The van der Waals surface area contributed by atoms with E-state index in [4.69, 9.17) is 27.9 Å². The lowest BCUT2D eigenvalue weighted by Gasteiger charge is -2.08. The quantitative estimate of drug-likeness (QED) is 0.453. The summed E-state index contributed by atoms with van der Waals surface area (Å²) in [6.07, 6.45) is 1.35. The molecule has 3 nitrogen and oxygen atoms in total. The van der Waals surface area contributed by atoms with Crippen molar-refractivity contribution in [3.8, 4) is 11.6 Å². The first-order valence-corrected chi connectivity index (χ1v) is 6.68. The van der Waals surface area contributed by atoms with Gasteiger partial charge in [0.05, 0.1) is 11.4 Å². The number of aromatic nitrogens is 2. The second-order valence-electron chi connectivity index (χ2n) is 3.14. The molecule has 2 aromatic rings. The van der Waals surface area contributed by atoms with Crippen LogP contribution in [0.5, 0.6) is 11.6 Å². The van der Waals surface area contributed by atoms with Crippen molar-refractivity contribution in [3.05, 3.63) is 44.9 Å². The lowest BCUT2D eigenvalue weighted by molar-refractivity contribution is 0.456. The Morgan fingerprint density at radius 2 is 1.88 bits per heavy atom. The number of alkyl halides is 1. The molecular weight excluding hydrogens is 374 g/mol. The fourth-order valence-electron chi connectivity index (χ4n) is 1.19. The van der Waals surface area contributed by atoms with Crippen molar-refractivity contribution >= 4 is 45.8 Å². The molecule has 0 saturated heterocycles. The number of nitrogens with zero attached hydrogens (tertiary/aromatic N) is 2. The zero-order valence-electron chi connectivity index (χ0n) is 8.53. The van der Waals surface area contributed by atoms with Crippen molar-refractivity contribution < 1.29 is 4.74 Å². The minimum Gasteiger partial charge on any atom is -0.439 e. The van der Waals surface area contributed by atoms with Crippen molar-refractivity contribution in [2.75, 3.05) is 0 Å². The number of halogens is 3. The summed E-state index contributed by atoms with van der Waals surface area (Å²) in [5, 5.41) is 0.315. The van der Waals surface area contributed by atoms with Crippen LogP contribution in [0.4, 0.5) is 0 Å². The van der Waals surface area contributed by atoms with Crippen LogP contribution in [0.15, 0.2) is 30.6 Å². The molecule has 0 N–H and O–H groups in total. The van der Waals surface area contributed by atoms with Gasteiger partial charge in [-0.25, -0.2) is 9.97 Å². The lowest BCUT2D eigenvalue weighted by Crippen LogP contribution is -1.95. The Morgan fingerprint density at radius 1 is 1.18 bits per heavy atom. The molecule has 1 heterocycles. The third-order valence-electron chi connectivity index (χ3n) is 2.02. The second-order valence-corrected chi connectivity index (χ2v) is 5.01. The summed E-state index contributed by atoms with van der Waals surface area (Å²) in [7, 11) is 0. The van der Waals surface area contributed by atoms with E-state index < -0.39 is 0 Å². The average molecular weight is 381 g/mol. The largest absolute Gasteiger partial charge is 0.439 e. The first kappa shape index (κ1) is 12.9. The SMILES string of the molecule is ClCc1c(Cl)ncnc1Oc1ccc(I)cc1. The standard InChI is InChI=1S/C11H7Cl2IN2O/c12-5-9-10(13)15-6-16-11(9)17-8-3-1-7(14)2-4-8/h1-4,6H,5H2. The van der Waals surface area contributed by atoms with E-state index >= 15 is 0 Å². The maximum absolute atomic E-state index is 5.90. The number of benzene rings is 1. The van der Waals surface area contributed by atoms with Crippen molar-refractivity contribution in [1.29, 1.82) is 0 Å². The third kappa shape index (κ3) is 3.20. The van der Waals surface area contributed by atoms with Crippen LogP contribution < -0.4 is 4.74 Å². The molecule has 0 fully saturated rings. The predicted octanol–water partition coefficient (Wildman–Crippen LogP) is 4.27. The van der Waals surface area contributed by atoms with Gasteiger partial charge in [0, 0.05) is 3.57 Å². The first-order valence-electron chi connectivity index (χ1n) is 4.69. The van der Waals surface area contributed by atoms with Crippen molar-refractivity contribution in [3.63, 3.8) is 0 Å².